The fraction of sp³-hybridized carbons (Fsp3) is 0.533. The number of hydrogen-bond donors (Lipinski definition) is 0. The Hall–Kier alpha value is -1.72. The first kappa shape index (κ1) is 20.6. The average Bonchev–Trinajstić information content (AvgIpc) is 2.53. The summed E-state index contributed by atoms with van der Waals surface area (Å²) < 4.78 is 32.5. The molecule has 0 saturated carbocycles. The third kappa shape index (κ3) is 4.71. The summed E-state index contributed by atoms with van der Waals surface area (Å²) in [5.41, 5.74) is -1.13. The van der Waals surface area contributed by atoms with Crippen molar-refractivity contribution >= 4 is 37.7 Å². The molecule has 0 aliphatic carbocycles. The van der Waals surface area contributed by atoms with E-state index in [0.717, 1.165) is 10.4 Å². The molecule has 0 N–H and O–H groups in total. The number of nitrogens with zero attached hydrogens (tertiary/aromatic N) is 3. The number of benzene rings is 1. The van der Waals surface area contributed by atoms with Crippen molar-refractivity contribution in [3.63, 3.8) is 0 Å². The van der Waals surface area contributed by atoms with Crippen LogP contribution in [-0.2, 0) is 14.8 Å². The van der Waals surface area contributed by atoms with Crippen LogP contribution in [0.15, 0.2) is 27.6 Å². The van der Waals surface area contributed by atoms with E-state index in [4.69, 9.17) is 4.74 Å². The molecule has 1 fully saturated rings. The zero-order chi connectivity index (χ0) is 19.7. The summed E-state index contributed by atoms with van der Waals surface area (Å²) >= 11 is 3.14. The van der Waals surface area contributed by atoms with Gasteiger partial charge in [0, 0.05) is 36.7 Å². The number of nitro benzene ring substituents is 1. The highest BCUT2D eigenvalue weighted by Crippen LogP contribution is 2.30. The molecular weight excluding hydrogens is 430 g/mol. The second-order valence-corrected chi connectivity index (χ2v) is 9.56. The minimum absolute atomic E-state index is 0.0330. The lowest BCUT2D eigenvalue weighted by atomic mass is 10.2. The molecule has 0 radical (unpaired) electrons. The van der Waals surface area contributed by atoms with Crippen molar-refractivity contribution < 1.29 is 22.9 Å². The van der Waals surface area contributed by atoms with Gasteiger partial charge in [0.25, 0.3) is 5.69 Å². The van der Waals surface area contributed by atoms with Crippen molar-refractivity contribution in [1.29, 1.82) is 0 Å². The van der Waals surface area contributed by atoms with E-state index >= 15 is 0 Å². The van der Waals surface area contributed by atoms with E-state index in [1.54, 1.807) is 20.8 Å². The summed E-state index contributed by atoms with van der Waals surface area (Å²) in [6.45, 7) is 5.61. The maximum Gasteiger partial charge on any atom is 0.410 e. The first-order chi connectivity index (χ1) is 11.9. The lowest BCUT2D eigenvalue weighted by molar-refractivity contribution is -0.387. The predicted octanol–water partition coefficient (Wildman–Crippen LogP) is 2.60. The van der Waals surface area contributed by atoms with Gasteiger partial charge in [0.2, 0.25) is 10.0 Å². The zero-order valence-electron chi connectivity index (χ0n) is 14.6. The summed E-state index contributed by atoms with van der Waals surface area (Å²) in [5.74, 6) is 0. The Morgan fingerprint density at radius 1 is 1.23 bits per heavy atom. The summed E-state index contributed by atoms with van der Waals surface area (Å²) in [7, 11) is -4.06. The number of carbonyl (C=O) groups is 1. The van der Waals surface area contributed by atoms with E-state index in [-0.39, 0.29) is 31.1 Å². The van der Waals surface area contributed by atoms with Gasteiger partial charge in [0.05, 0.1) is 4.92 Å². The Labute approximate surface area is 160 Å². The number of rotatable bonds is 3. The average molecular weight is 450 g/mol. The van der Waals surface area contributed by atoms with Crippen LogP contribution >= 0.6 is 15.9 Å². The Morgan fingerprint density at radius 2 is 1.81 bits per heavy atom. The molecule has 1 saturated heterocycles. The topological polar surface area (TPSA) is 110 Å². The lowest BCUT2D eigenvalue weighted by Gasteiger charge is -2.34. The van der Waals surface area contributed by atoms with Crippen LogP contribution in [0.25, 0.3) is 0 Å². The number of sulfonamides is 1. The Balaban J connectivity index is 2.18. The molecule has 9 nitrogen and oxygen atoms in total. The fourth-order valence-corrected chi connectivity index (χ4v) is 4.54. The van der Waals surface area contributed by atoms with Gasteiger partial charge in [0.15, 0.2) is 4.90 Å². The predicted molar refractivity (Wildman–Crippen MR) is 97.4 cm³/mol. The van der Waals surface area contributed by atoms with Crippen molar-refractivity contribution in [1.82, 2.24) is 9.21 Å². The van der Waals surface area contributed by atoms with Crippen LogP contribution in [0.2, 0.25) is 0 Å². The maximum absolute atomic E-state index is 12.8. The van der Waals surface area contributed by atoms with Gasteiger partial charge in [-0.25, -0.2) is 13.2 Å². The van der Waals surface area contributed by atoms with Crippen molar-refractivity contribution in [3.8, 4) is 0 Å². The first-order valence-corrected chi connectivity index (χ1v) is 10.1. The minimum Gasteiger partial charge on any atom is -0.444 e. The molecule has 26 heavy (non-hydrogen) atoms. The minimum atomic E-state index is -4.06. The van der Waals surface area contributed by atoms with Gasteiger partial charge in [-0.2, -0.15) is 4.31 Å². The van der Waals surface area contributed by atoms with Gasteiger partial charge >= 0.3 is 6.09 Å². The van der Waals surface area contributed by atoms with E-state index in [1.165, 1.54) is 17.0 Å². The molecule has 0 spiro atoms. The number of nitro groups is 1. The number of ether oxygens (including phenoxy) is 1. The first-order valence-electron chi connectivity index (χ1n) is 7.84. The SMILES string of the molecule is CC(C)(C)OC(=O)N1CCN(S(=O)(=O)c2cc(Br)ccc2[N+](=O)[O-])CC1. The lowest BCUT2D eigenvalue weighted by Crippen LogP contribution is -2.51. The van der Waals surface area contributed by atoms with Crippen LogP contribution in [0.3, 0.4) is 0 Å². The summed E-state index contributed by atoms with van der Waals surface area (Å²) in [4.78, 5) is 23.6. The largest absolute Gasteiger partial charge is 0.444 e. The molecule has 1 heterocycles. The highest BCUT2D eigenvalue weighted by molar-refractivity contribution is 9.10. The molecule has 1 aliphatic rings. The third-order valence-corrected chi connectivity index (χ3v) is 6.05. The van der Waals surface area contributed by atoms with Crippen LogP contribution in [0.5, 0.6) is 0 Å². The number of piperazine rings is 1. The Morgan fingerprint density at radius 3 is 2.31 bits per heavy atom. The number of amides is 1. The second-order valence-electron chi connectivity index (χ2n) is 6.74. The monoisotopic (exact) mass is 449 g/mol. The number of halogens is 1. The van der Waals surface area contributed by atoms with Gasteiger partial charge in [0.1, 0.15) is 5.60 Å². The zero-order valence-corrected chi connectivity index (χ0v) is 17.0. The molecule has 0 aromatic heterocycles. The van der Waals surface area contributed by atoms with Crippen LogP contribution in [0, 0.1) is 10.1 Å². The van der Waals surface area contributed by atoms with Crippen LogP contribution < -0.4 is 0 Å². The highest BCUT2D eigenvalue weighted by Gasteiger charge is 2.35. The van der Waals surface area contributed by atoms with Crippen molar-refractivity contribution in [2.75, 3.05) is 26.2 Å². The molecule has 0 bridgehead atoms. The third-order valence-electron chi connectivity index (χ3n) is 3.63. The molecular formula is C15H20BrN3O6S. The van der Waals surface area contributed by atoms with Crippen molar-refractivity contribution in [3.05, 3.63) is 32.8 Å². The highest BCUT2D eigenvalue weighted by atomic mass is 79.9. The quantitative estimate of drug-likeness (QED) is 0.517. The van der Waals surface area contributed by atoms with Gasteiger partial charge in [-0.3, -0.25) is 10.1 Å². The Bertz CT molecular complexity index is 813. The molecule has 1 aromatic carbocycles. The fourth-order valence-electron chi connectivity index (χ4n) is 2.42. The van der Waals surface area contributed by atoms with E-state index in [9.17, 15) is 23.3 Å². The summed E-state index contributed by atoms with van der Waals surface area (Å²) in [5, 5.41) is 11.2. The Kier molecular flexibility index (Phi) is 5.93. The van der Waals surface area contributed by atoms with Gasteiger partial charge in [-0.15, -0.1) is 0 Å². The smallest absolute Gasteiger partial charge is 0.410 e. The van der Waals surface area contributed by atoms with Gasteiger partial charge < -0.3 is 9.64 Å². The van der Waals surface area contributed by atoms with E-state index in [1.807, 2.05) is 0 Å². The summed E-state index contributed by atoms with van der Waals surface area (Å²) in [6, 6.07) is 3.78. The van der Waals surface area contributed by atoms with Crippen LogP contribution in [0.4, 0.5) is 10.5 Å². The molecule has 11 heteroatoms. The molecule has 144 valence electrons. The molecule has 2 rings (SSSR count). The maximum atomic E-state index is 12.8. The van der Waals surface area contributed by atoms with Gasteiger partial charge in [-0.05, 0) is 32.9 Å². The second kappa shape index (κ2) is 7.49. The van der Waals surface area contributed by atoms with Gasteiger partial charge in [-0.1, -0.05) is 15.9 Å². The molecule has 1 aromatic rings. The van der Waals surface area contributed by atoms with E-state index < -0.39 is 32.3 Å². The van der Waals surface area contributed by atoms with Crippen LogP contribution in [0.1, 0.15) is 20.8 Å². The molecule has 0 unspecified atom stereocenters. The summed E-state index contributed by atoms with van der Waals surface area (Å²) in [6.07, 6.45) is -0.511. The van der Waals surface area contributed by atoms with E-state index in [2.05, 4.69) is 15.9 Å². The molecule has 1 aliphatic heterocycles. The van der Waals surface area contributed by atoms with E-state index in [0.29, 0.717) is 4.47 Å². The number of carbonyl (C=O) groups excluding carboxylic acids is 1. The molecule has 0 atom stereocenters. The molecule has 1 amide bonds. The normalized spacial score (nSPS) is 16.4. The number of hydrogen-bond acceptors (Lipinski definition) is 6. The van der Waals surface area contributed by atoms with Crippen molar-refractivity contribution in [2.45, 2.75) is 31.3 Å². The standard InChI is InChI=1S/C15H20BrN3O6S/c1-15(2,3)25-14(20)17-6-8-18(9-7-17)26(23,24)13-10-11(16)4-5-12(13)19(21)22/h4-5,10H,6-9H2,1-3H3. The van der Waals surface area contributed by atoms with Crippen molar-refractivity contribution in [2.24, 2.45) is 0 Å². The van der Waals surface area contributed by atoms with Crippen LogP contribution in [-0.4, -0.2) is 60.4 Å².